The highest BCUT2D eigenvalue weighted by atomic mass is 16.5. The molecule has 1 aromatic rings. The number of nitrogens with one attached hydrogen (secondary N) is 1. The summed E-state index contributed by atoms with van der Waals surface area (Å²) in [6.45, 7) is 0. The Morgan fingerprint density at radius 2 is 2.05 bits per heavy atom. The van der Waals surface area contributed by atoms with Crippen molar-refractivity contribution in [2.45, 2.75) is 56.3 Å². The molecule has 4 nitrogen and oxygen atoms in total. The Morgan fingerprint density at radius 3 is 2.71 bits per heavy atom. The molecule has 0 bridgehead atoms. The van der Waals surface area contributed by atoms with Gasteiger partial charge in [-0.15, -0.1) is 0 Å². The predicted molar refractivity (Wildman–Crippen MR) is 79.9 cm³/mol. The molecule has 4 heteroatoms. The van der Waals surface area contributed by atoms with Gasteiger partial charge in [0, 0.05) is 6.04 Å². The van der Waals surface area contributed by atoms with Gasteiger partial charge in [0.1, 0.15) is 17.5 Å². The van der Waals surface area contributed by atoms with E-state index in [-0.39, 0.29) is 11.7 Å². The first kappa shape index (κ1) is 13.1. The largest absolute Gasteiger partial charge is 0.497 e. The van der Waals surface area contributed by atoms with Gasteiger partial charge in [-0.25, -0.2) is 0 Å². The van der Waals surface area contributed by atoms with Crippen LogP contribution in [0.2, 0.25) is 0 Å². The van der Waals surface area contributed by atoms with Crippen molar-refractivity contribution in [3.05, 3.63) is 29.8 Å². The summed E-state index contributed by atoms with van der Waals surface area (Å²) in [7, 11) is 1.68. The van der Waals surface area contributed by atoms with Crippen molar-refractivity contribution in [1.82, 2.24) is 10.2 Å². The minimum absolute atomic E-state index is 0.0122. The summed E-state index contributed by atoms with van der Waals surface area (Å²) in [5, 5.41) is 3.61. The first-order chi connectivity index (χ1) is 10.2. The third-order valence-corrected chi connectivity index (χ3v) is 5.21. The Kier molecular flexibility index (Phi) is 2.96. The molecule has 4 rings (SSSR count). The molecule has 1 spiro atoms. The topological polar surface area (TPSA) is 41.6 Å². The highest BCUT2D eigenvalue weighted by Gasteiger charge is 2.60. The molecule has 1 saturated heterocycles. The van der Waals surface area contributed by atoms with E-state index in [9.17, 15) is 4.79 Å². The molecule has 2 saturated carbocycles. The summed E-state index contributed by atoms with van der Waals surface area (Å²) in [6, 6.07) is 8.50. The third-order valence-electron chi connectivity index (χ3n) is 5.21. The lowest BCUT2D eigenvalue weighted by molar-refractivity contribution is -0.133. The lowest BCUT2D eigenvalue weighted by Gasteiger charge is -2.30. The fraction of sp³-hybridized carbons (Fsp3) is 0.588. The van der Waals surface area contributed by atoms with E-state index >= 15 is 0 Å². The van der Waals surface area contributed by atoms with Crippen molar-refractivity contribution < 1.29 is 9.53 Å². The van der Waals surface area contributed by atoms with Crippen molar-refractivity contribution in [2.24, 2.45) is 0 Å². The van der Waals surface area contributed by atoms with Gasteiger partial charge in [-0.05, 0) is 43.4 Å². The highest BCUT2D eigenvalue weighted by molar-refractivity contribution is 5.92. The number of carbonyl (C=O) groups excluding carboxylic acids is 1. The molecule has 21 heavy (non-hydrogen) atoms. The van der Waals surface area contributed by atoms with Crippen LogP contribution in [0.15, 0.2) is 24.3 Å². The number of amides is 1. The molecule has 1 aliphatic heterocycles. The second-order valence-electron chi connectivity index (χ2n) is 6.56. The van der Waals surface area contributed by atoms with Crippen LogP contribution in [0, 0.1) is 0 Å². The number of methoxy groups -OCH3 is 1. The zero-order valence-corrected chi connectivity index (χ0v) is 12.5. The van der Waals surface area contributed by atoms with Crippen LogP contribution in [0.4, 0.5) is 0 Å². The SMILES string of the molecule is COc1cccc(C2NC3(CC3)C(=O)N2C2CCCC2)c1. The average molecular weight is 286 g/mol. The number of rotatable bonds is 3. The molecule has 2 aliphatic carbocycles. The Balaban J connectivity index is 1.69. The molecule has 1 aromatic carbocycles. The molecular weight excluding hydrogens is 264 g/mol. The van der Waals surface area contributed by atoms with Gasteiger partial charge >= 0.3 is 0 Å². The van der Waals surface area contributed by atoms with Gasteiger partial charge in [-0.1, -0.05) is 25.0 Å². The molecular formula is C17H22N2O2. The van der Waals surface area contributed by atoms with E-state index in [1.165, 1.54) is 12.8 Å². The van der Waals surface area contributed by atoms with Gasteiger partial charge in [0.15, 0.2) is 0 Å². The molecule has 1 unspecified atom stereocenters. The summed E-state index contributed by atoms with van der Waals surface area (Å²) >= 11 is 0. The van der Waals surface area contributed by atoms with E-state index in [2.05, 4.69) is 16.3 Å². The van der Waals surface area contributed by atoms with Gasteiger partial charge in [0.2, 0.25) is 5.91 Å². The summed E-state index contributed by atoms with van der Waals surface area (Å²) in [5.74, 6) is 1.17. The number of hydrogen-bond donors (Lipinski definition) is 1. The molecule has 1 heterocycles. The van der Waals surface area contributed by atoms with Crippen LogP contribution in [-0.4, -0.2) is 29.5 Å². The maximum absolute atomic E-state index is 12.8. The van der Waals surface area contributed by atoms with E-state index in [0.717, 1.165) is 37.0 Å². The Labute approximate surface area is 125 Å². The van der Waals surface area contributed by atoms with Gasteiger partial charge in [-0.2, -0.15) is 0 Å². The Morgan fingerprint density at radius 1 is 1.29 bits per heavy atom. The average Bonchev–Trinajstić information content (AvgIpc) is 2.98. The molecule has 0 aromatic heterocycles. The maximum Gasteiger partial charge on any atom is 0.244 e. The number of benzene rings is 1. The Hall–Kier alpha value is -1.55. The monoisotopic (exact) mass is 286 g/mol. The summed E-state index contributed by atoms with van der Waals surface area (Å²) < 4.78 is 5.34. The number of carbonyl (C=O) groups is 1. The van der Waals surface area contributed by atoms with Crippen molar-refractivity contribution in [2.75, 3.05) is 7.11 Å². The zero-order valence-electron chi connectivity index (χ0n) is 12.5. The van der Waals surface area contributed by atoms with E-state index in [1.54, 1.807) is 7.11 Å². The van der Waals surface area contributed by atoms with Gasteiger partial charge in [-0.3, -0.25) is 10.1 Å². The quantitative estimate of drug-likeness (QED) is 0.928. The second kappa shape index (κ2) is 4.73. The number of ether oxygens (including phenoxy) is 1. The summed E-state index contributed by atoms with van der Waals surface area (Å²) in [6.07, 6.45) is 6.75. The van der Waals surface area contributed by atoms with E-state index in [0.29, 0.717) is 11.9 Å². The molecule has 3 aliphatic rings. The van der Waals surface area contributed by atoms with Crippen LogP contribution in [-0.2, 0) is 4.79 Å². The second-order valence-corrected chi connectivity index (χ2v) is 6.56. The van der Waals surface area contributed by atoms with Crippen molar-refractivity contribution in [3.8, 4) is 5.75 Å². The Bertz CT molecular complexity index is 562. The fourth-order valence-corrected chi connectivity index (χ4v) is 3.86. The smallest absolute Gasteiger partial charge is 0.244 e. The van der Waals surface area contributed by atoms with Crippen LogP contribution in [0.25, 0.3) is 0 Å². The van der Waals surface area contributed by atoms with E-state index in [4.69, 9.17) is 4.74 Å². The fourth-order valence-electron chi connectivity index (χ4n) is 3.86. The predicted octanol–water partition coefficient (Wildman–Crippen LogP) is 2.60. The molecule has 1 atom stereocenters. The van der Waals surface area contributed by atoms with Crippen LogP contribution < -0.4 is 10.1 Å². The summed E-state index contributed by atoms with van der Waals surface area (Å²) in [4.78, 5) is 15.0. The highest BCUT2D eigenvalue weighted by Crippen LogP contribution is 2.48. The van der Waals surface area contributed by atoms with Crippen molar-refractivity contribution in [3.63, 3.8) is 0 Å². The van der Waals surface area contributed by atoms with Gasteiger partial charge in [0.25, 0.3) is 0 Å². The molecule has 0 radical (unpaired) electrons. The zero-order chi connectivity index (χ0) is 14.4. The van der Waals surface area contributed by atoms with Crippen LogP contribution in [0.5, 0.6) is 5.75 Å². The van der Waals surface area contributed by atoms with Gasteiger partial charge < -0.3 is 9.64 Å². The van der Waals surface area contributed by atoms with Gasteiger partial charge in [0.05, 0.1) is 7.11 Å². The first-order valence-corrected chi connectivity index (χ1v) is 7.98. The van der Waals surface area contributed by atoms with Crippen LogP contribution in [0.3, 0.4) is 0 Å². The molecule has 1 amide bonds. The van der Waals surface area contributed by atoms with Crippen molar-refractivity contribution in [1.29, 1.82) is 0 Å². The maximum atomic E-state index is 12.8. The van der Waals surface area contributed by atoms with E-state index < -0.39 is 0 Å². The summed E-state index contributed by atoms with van der Waals surface area (Å²) in [5.41, 5.74) is 0.884. The van der Waals surface area contributed by atoms with Crippen molar-refractivity contribution >= 4 is 5.91 Å². The molecule has 3 fully saturated rings. The standard InChI is InChI=1S/C17H22N2O2/c1-21-14-8-4-5-12(11-14)15-18-17(9-10-17)16(20)19(15)13-6-2-3-7-13/h4-5,8,11,13,15,18H,2-3,6-7,9-10H2,1H3. The normalized spacial score (nSPS) is 27.6. The van der Waals surface area contributed by atoms with E-state index in [1.807, 2.05) is 18.2 Å². The van der Waals surface area contributed by atoms with Crippen LogP contribution in [0.1, 0.15) is 50.3 Å². The molecule has 112 valence electrons. The first-order valence-electron chi connectivity index (χ1n) is 7.98. The lowest BCUT2D eigenvalue weighted by atomic mass is 10.1. The molecule has 1 N–H and O–H groups in total. The minimum Gasteiger partial charge on any atom is -0.497 e. The minimum atomic E-state index is -0.254. The number of hydrogen-bond acceptors (Lipinski definition) is 3. The lowest BCUT2D eigenvalue weighted by Crippen LogP contribution is -2.39. The third kappa shape index (κ3) is 2.04. The number of nitrogens with zero attached hydrogens (tertiary/aromatic N) is 1. The van der Waals surface area contributed by atoms with Crippen LogP contribution >= 0.6 is 0 Å².